The molecule has 4 rings (SSSR count). The molecule has 0 radical (unpaired) electrons. The fraction of sp³-hybridized carbons (Fsp3) is 0.148. The van der Waals surface area contributed by atoms with Gasteiger partial charge in [-0.25, -0.2) is 9.69 Å². The van der Waals surface area contributed by atoms with Gasteiger partial charge in [-0.1, -0.05) is 23.7 Å². The van der Waals surface area contributed by atoms with E-state index in [2.05, 4.69) is 27.9 Å². The normalized spacial score (nSPS) is 14.5. The molecule has 1 saturated heterocycles. The van der Waals surface area contributed by atoms with Crippen molar-refractivity contribution in [2.24, 2.45) is 0 Å². The zero-order valence-corrected chi connectivity index (χ0v) is 22.8. The first-order valence-corrected chi connectivity index (χ1v) is 12.7. The third-order valence-electron chi connectivity index (χ3n) is 5.34. The molecule has 1 N–H and O–H groups in total. The average Bonchev–Trinajstić information content (AvgIpc) is 2.86. The van der Waals surface area contributed by atoms with Gasteiger partial charge in [0.2, 0.25) is 0 Å². The SMILES string of the molecule is CCOc1ccc(N2C(=O)NC(=O)/C(=C\c3cc(I)c(OCc4cccc(Cl)c4)c(OC)c3)C2=O)cc1. The van der Waals surface area contributed by atoms with Crippen molar-refractivity contribution in [3.8, 4) is 17.2 Å². The molecule has 0 spiro atoms. The second-order valence-corrected chi connectivity index (χ2v) is 9.44. The standard InChI is InChI=1S/C27H22ClIN2O6/c1-3-36-20-9-7-19(8-10-20)31-26(33)21(25(32)30-27(31)34)12-17-13-22(29)24(23(14-17)35-2)37-15-16-5-4-6-18(28)11-16/h4-14H,3,15H2,1-2H3,(H,30,32,34)/b21-12+. The number of halogens is 2. The molecule has 3 aromatic rings. The van der Waals surface area contributed by atoms with Crippen molar-refractivity contribution in [3.63, 3.8) is 0 Å². The average molecular weight is 633 g/mol. The summed E-state index contributed by atoms with van der Waals surface area (Å²) in [7, 11) is 1.50. The Labute approximate surface area is 232 Å². The highest BCUT2D eigenvalue weighted by Gasteiger charge is 2.37. The number of hydrogen-bond donors (Lipinski definition) is 1. The van der Waals surface area contributed by atoms with E-state index in [1.807, 2.05) is 25.1 Å². The number of ether oxygens (including phenoxy) is 3. The fourth-order valence-corrected chi connectivity index (χ4v) is 4.66. The van der Waals surface area contributed by atoms with Gasteiger partial charge < -0.3 is 14.2 Å². The Kier molecular flexibility index (Phi) is 8.34. The third kappa shape index (κ3) is 6.05. The first-order chi connectivity index (χ1) is 17.8. The van der Waals surface area contributed by atoms with Gasteiger partial charge in [-0.15, -0.1) is 0 Å². The number of methoxy groups -OCH3 is 1. The van der Waals surface area contributed by atoms with Crippen LogP contribution >= 0.6 is 34.2 Å². The largest absolute Gasteiger partial charge is 0.494 e. The molecule has 190 valence electrons. The molecule has 37 heavy (non-hydrogen) atoms. The van der Waals surface area contributed by atoms with E-state index in [0.29, 0.717) is 43.7 Å². The van der Waals surface area contributed by atoms with Gasteiger partial charge in [-0.3, -0.25) is 14.9 Å². The second kappa shape index (κ2) is 11.7. The Morgan fingerprint density at radius 2 is 1.78 bits per heavy atom. The van der Waals surface area contributed by atoms with Crippen LogP contribution in [0, 0.1) is 3.57 Å². The zero-order chi connectivity index (χ0) is 26.5. The maximum Gasteiger partial charge on any atom is 0.335 e. The number of hydrogen-bond acceptors (Lipinski definition) is 6. The fourth-order valence-electron chi connectivity index (χ4n) is 3.66. The summed E-state index contributed by atoms with van der Waals surface area (Å²) in [5.74, 6) is 0.00245. The van der Waals surface area contributed by atoms with E-state index in [9.17, 15) is 14.4 Å². The summed E-state index contributed by atoms with van der Waals surface area (Å²) in [4.78, 5) is 39.2. The highest BCUT2D eigenvalue weighted by atomic mass is 127. The molecule has 0 atom stereocenters. The van der Waals surface area contributed by atoms with E-state index in [-0.39, 0.29) is 12.2 Å². The van der Waals surface area contributed by atoms with Crippen molar-refractivity contribution in [1.29, 1.82) is 0 Å². The van der Waals surface area contributed by atoms with Crippen LogP contribution in [0.3, 0.4) is 0 Å². The molecule has 1 fully saturated rings. The lowest BCUT2D eigenvalue weighted by molar-refractivity contribution is -0.122. The molecule has 10 heteroatoms. The maximum atomic E-state index is 13.2. The van der Waals surface area contributed by atoms with Crippen LogP contribution in [0.5, 0.6) is 17.2 Å². The number of anilines is 1. The number of amides is 4. The molecule has 0 saturated carbocycles. The first-order valence-electron chi connectivity index (χ1n) is 11.2. The van der Waals surface area contributed by atoms with Gasteiger partial charge in [0.15, 0.2) is 11.5 Å². The molecular weight excluding hydrogens is 611 g/mol. The lowest BCUT2D eigenvalue weighted by Crippen LogP contribution is -2.54. The van der Waals surface area contributed by atoms with Crippen LogP contribution in [0.4, 0.5) is 10.5 Å². The number of nitrogens with zero attached hydrogens (tertiary/aromatic N) is 1. The summed E-state index contributed by atoms with van der Waals surface area (Å²) in [6, 6.07) is 16.4. The van der Waals surface area contributed by atoms with E-state index >= 15 is 0 Å². The monoisotopic (exact) mass is 632 g/mol. The Bertz CT molecular complexity index is 1390. The summed E-state index contributed by atoms with van der Waals surface area (Å²) in [5.41, 5.74) is 1.52. The Hall–Kier alpha value is -3.57. The Morgan fingerprint density at radius 1 is 1.03 bits per heavy atom. The number of rotatable bonds is 8. The van der Waals surface area contributed by atoms with Crippen molar-refractivity contribution < 1.29 is 28.6 Å². The zero-order valence-electron chi connectivity index (χ0n) is 19.9. The quantitative estimate of drug-likeness (QED) is 0.198. The van der Waals surface area contributed by atoms with E-state index in [0.717, 1.165) is 10.5 Å². The number of carbonyl (C=O) groups is 3. The van der Waals surface area contributed by atoms with Crippen molar-refractivity contribution in [2.75, 3.05) is 18.6 Å². The predicted molar refractivity (Wildman–Crippen MR) is 148 cm³/mol. The molecule has 0 bridgehead atoms. The summed E-state index contributed by atoms with van der Waals surface area (Å²) >= 11 is 8.15. The van der Waals surface area contributed by atoms with E-state index < -0.39 is 17.8 Å². The van der Waals surface area contributed by atoms with Crippen LogP contribution < -0.4 is 24.4 Å². The van der Waals surface area contributed by atoms with Gasteiger partial charge in [-0.2, -0.15) is 0 Å². The smallest absolute Gasteiger partial charge is 0.335 e. The molecule has 8 nitrogen and oxygen atoms in total. The minimum atomic E-state index is -0.826. The van der Waals surface area contributed by atoms with E-state index in [1.165, 1.54) is 13.2 Å². The van der Waals surface area contributed by atoms with Gasteiger partial charge in [-0.05, 0) is 95.2 Å². The van der Waals surface area contributed by atoms with E-state index in [4.69, 9.17) is 25.8 Å². The molecule has 1 heterocycles. The predicted octanol–water partition coefficient (Wildman–Crippen LogP) is 5.60. The molecule has 1 aliphatic rings. The number of nitrogens with one attached hydrogen (secondary N) is 1. The van der Waals surface area contributed by atoms with Crippen molar-refractivity contribution in [1.82, 2.24) is 5.32 Å². The minimum Gasteiger partial charge on any atom is -0.494 e. The van der Waals surface area contributed by atoms with Gasteiger partial charge in [0.1, 0.15) is 17.9 Å². The van der Waals surface area contributed by atoms with Crippen molar-refractivity contribution >= 4 is 63.8 Å². The lowest BCUT2D eigenvalue weighted by Gasteiger charge is -2.26. The van der Waals surface area contributed by atoms with Crippen molar-refractivity contribution in [3.05, 3.63) is 86.0 Å². The first kappa shape index (κ1) is 26.5. The molecule has 1 aliphatic heterocycles. The highest BCUT2D eigenvalue weighted by molar-refractivity contribution is 14.1. The number of urea groups is 1. The van der Waals surface area contributed by atoms with Gasteiger partial charge >= 0.3 is 6.03 Å². The number of barbiturate groups is 1. The molecule has 0 aliphatic carbocycles. The highest BCUT2D eigenvalue weighted by Crippen LogP contribution is 2.36. The van der Waals surface area contributed by atoms with Gasteiger partial charge in [0.25, 0.3) is 11.8 Å². The lowest BCUT2D eigenvalue weighted by atomic mass is 10.1. The van der Waals surface area contributed by atoms with Gasteiger partial charge in [0, 0.05) is 5.02 Å². The van der Waals surface area contributed by atoms with E-state index in [1.54, 1.807) is 42.5 Å². The summed E-state index contributed by atoms with van der Waals surface area (Å²) < 4.78 is 17.6. The summed E-state index contributed by atoms with van der Waals surface area (Å²) in [6.45, 7) is 2.61. The number of imide groups is 2. The Balaban J connectivity index is 1.61. The molecular formula is C27H22ClIN2O6. The van der Waals surface area contributed by atoms with Crippen LogP contribution in [0.2, 0.25) is 5.02 Å². The van der Waals surface area contributed by atoms with Crippen molar-refractivity contribution in [2.45, 2.75) is 13.5 Å². The molecule has 4 amide bonds. The van der Waals surface area contributed by atoms with Crippen LogP contribution in [-0.2, 0) is 16.2 Å². The minimum absolute atomic E-state index is 0.195. The summed E-state index contributed by atoms with van der Waals surface area (Å²) in [5, 5.41) is 2.83. The number of benzene rings is 3. The van der Waals surface area contributed by atoms with Crippen LogP contribution in [0.15, 0.2) is 66.2 Å². The maximum absolute atomic E-state index is 13.2. The third-order valence-corrected chi connectivity index (χ3v) is 6.38. The van der Waals surface area contributed by atoms with Gasteiger partial charge in [0.05, 0.1) is 23.0 Å². The van der Waals surface area contributed by atoms with Crippen LogP contribution in [0.25, 0.3) is 6.08 Å². The topological polar surface area (TPSA) is 94.2 Å². The van der Waals surface area contributed by atoms with Crippen LogP contribution in [-0.4, -0.2) is 31.6 Å². The summed E-state index contributed by atoms with van der Waals surface area (Å²) in [6.07, 6.45) is 1.41. The van der Waals surface area contributed by atoms with Crippen LogP contribution in [0.1, 0.15) is 18.1 Å². The number of carbonyl (C=O) groups excluding carboxylic acids is 3. The second-order valence-electron chi connectivity index (χ2n) is 7.84. The molecule has 0 unspecified atom stereocenters. The molecule has 3 aromatic carbocycles. The Morgan fingerprint density at radius 3 is 2.46 bits per heavy atom. The molecule has 0 aromatic heterocycles.